The Bertz CT molecular complexity index is 533. The minimum Gasteiger partial charge on any atom is -0.326 e. The van der Waals surface area contributed by atoms with Crippen LogP contribution in [0.2, 0.25) is 0 Å². The fraction of sp³-hybridized carbons (Fsp3) is 0.167. The average molecular weight is 230 g/mol. The van der Waals surface area contributed by atoms with Crippen molar-refractivity contribution >= 4 is 11.6 Å². The lowest BCUT2D eigenvalue weighted by atomic mass is 10.2. The van der Waals surface area contributed by atoms with Crippen LogP contribution < -0.4 is 11.1 Å². The zero-order chi connectivity index (χ0) is 12.3. The molecule has 1 heterocycles. The molecule has 0 aliphatic heterocycles. The first-order valence-electron chi connectivity index (χ1n) is 5.29. The monoisotopic (exact) mass is 230 g/mol. The van der Waals surface area contributed by atoms with Gasteiger partial charge in [0.25, 0.3) is 5.91 Å². The first kappa shape index (κ1) is 11.3. The lowest BCUT2D eigenvalue weighted by Gasteiger charge is -2.06. The summed E-state index contributed by atoms with van der Waals surface area (Å²) in [6.07, 6.45) is 1.59. The number of nitrogens with zero attached hydrogens (tertiary/aromatic N) is 2. The Labute approximate surface area is 99.2 Å². The van der Waals surface area contributed by atoms with Crippen LogP contribution >= 0.6 is 0 Å². The minimum atomic E-state index is -0.181. The number of amides is 1. The first-order valence-corrected chi connectivity index (χ1v) is 5.29. The van der Waals surface area contributed by atoms with Crippen molar-refractivity contribution < 1.29 is 4.79 Å². The highest BCUT2D eigenvalue weighted by atomic mass is 16.2. The molecule has 1 aromatic heterocycles. The topological polar surface area (TPSA) is 72.9 Å². The van der Waals surface area contributed by atoms with Gasteiger partial charge in [0.15, 0.2) is 0 Å². The Morgan fingerprint density at radius 1 is 1.47 bits per heavy atom. The predicted molar refractivity (Wildman–Crippen MR) is 65.5 cm³/mol. The highest BCUT2D eigenvalue weighted by Crippen LogP contribution is 2.11. The molecule has 0 aliphatic rings. The van der Waals surface area contributed by atoms with Crippen molar-refractivity contribution in [2.45, 2.75) is 6.54 Å². The third-order valence-electron chi connectivity index (χ3n) is 2.47. The van der Waals surface area contributed by atoms with Crippen LogP contribution in [0, 0.1) is 0 Å². The van der Waals surface area contributed by atoms with Crippen LogP contribution in [0.5, 0.6) is 0 Å². The molecule has 5 nitrogen and oxygen atoms in total. The molecule has 0 atom stereocenters. The molecule has 3 N–H and O–H groups in total. The van der Waals surface area contributed by atoms with E-state index in [0.717, 1.165) is 11.3 Å². The van der Waals surface area contributed by atoms with Gasteiger partial charge in [-0.1, -0.05) is 12.1 Å². The van der Waals surface area contributed by atoms with Crippen molar-refractivity contribution in [3.05, 3.63) is 47.8 Å². The fourth-order valence-electron chi connectivity index (χ4n) is 1.57. The van der Waals surface area contributed by atoms with Gasteiger partial charge in [-0.25, -0.2) is 0 Å². The fourth-order valence-corrected chi connectivity index (χ4v) is 1.57. The van der Waals surface area contributed by atoms with E-state index < -0.39 is 0 Å². The third kappa shape index (κ3) is 2.51. The van der Waals surface area contributed by atoms with Crippen molar-refractivity contribution in [3.63, 3.8) is 0 Å². The van der Waals surface area contributed by atoms with Gasteiger partial charge in [0.05, 0.1) is 0 Å². The number of carbonyl (C=O) groups is 1. The van der Waals surface area contributed by atoms with Crippen LogP contribution in [0.15, 0.2) is 36.5 Å². The van der Waals surface area contributed by atoms with E-state index in [9.17, 15) is 4.79 Å². The lowest BCUT2D eigenvalue weighted by Crippen LogP contribution is -2.16. The van der Waals surface area contributed by atoms with Gasteiger partial charge in [-0.05, 0) is 23.8 Å². The van der Waals surface area contributed by atoms with Crippen LogP contribution in [0.25, 0.3) is 0 Å². The molecule has 0 unspecified atom stereocenters. The summed E-state index contributed by atoms with van der Waals surface area (Å²) in [5.74, 6) is -0.181. The van der Waals surface area contributed by atoms with Gasteiger partial charge >= 0.3 is 0 Å². The highest BCUT2D eigenvalue weighted by Gasteiger charge is 2.09. The molecule has 0 fully saturated rings. The molecule has 0 bridgehead atoms. The summed E-state index contributed by atoms with van der Waals surface area (Å²) in [5, 5.41) is 6.75. The molecule has 0 radical (unpaired) electrons. The number of aromatic nitrogens is 2. The van der Waals surface area contributed by atoms with Crippen molar-refractivity contribution in [3.8, 4) is 0 Å². The maximum Gasteiger partial charge on any atom is 0.273 e. The van der Waals surface area contributed by atoms with Gasteiger partial charge in [0.1, 0.15) is 5.69 Å². The highest BCUT2D eigenvalue weighted by molar-refractivity contribution is 6.03. The van der Waals surface area contributed by atoms with Gasteiger partial charge in [0.2, 0.25) is 0 Å². The molecule has 0 saturated heterocycles. The number of nitrogens with two attached hydrogens (primary N) is 1. The van der Waals surface area contributed by atoms with E-state index in [1.54, 1.807) is 19.3 Å². The Morgan fingerprint density at radius 2 is 2.29 bits per heavy atom. The van der Waals surface area contributed by atoms with E-state index in [-0.39, 0.29) is 5.91 Å². The second-order valence-corrected chi connectivity index (χ2v) is 3.70. The molecular weight excluding hydrogens is 216 g/mol. The molecule has 1 aromatic carbocycles. The second-order valence-electron chi connectivity index (χ2n) is 3.70. The number of anilines is 1. The Balaban J connectivity index is 2.16. The van der Waals surface area contributed by atoms with Crippen molar-refractivity contribution in [1.82, 2.24) is 9.78 Å². The van der Waals surface area contributed by atoms with Gasteiger partial charge < -0.3 is 11.1 Å². The van der Waals surface area contributed by atoms with Crippen LogP contribution in [0.4, 0.5) is 5.69 Å². The van der Waals surface area contributed by atoms with Gasteiger partial charge in [-0.15, -0.1) is 0 Å². The summed E-state index contributed by atoms with van der Waals surface area (Å²) in [6, 6.07) is 9.13. The summed E-state index contributed by atoms with van der Waals surface area (Å²) in [4.78, 5) is 11.9. The average Bonchev–Trinajstić information content (AvgIpc) is 2.76. The van der Waals surface area contributed by atoms with Gasteiger partial charge in [-0.2, -0.15) is 5.10 Å². The quantitative estimate of drug-likeness (QED) is 0.830. The second kappa shape index (κ2) is 4.80. The predicted octanol–water partition coefficient (Wildman–Crippen LogP) is 1.13. The van der Waals surface area contributed by atoms with Gasteiger partial charge in [0, 0.05) is 25.5 Å². The molecule has 1 amide bonds. The Kier molecular flexibility index (Phi) is 3.20. The van der Waals surface area contributed by atoms with Crippen LogP contribution in [-0.2, 0) is 13.6 Å². The molecule has 5 heteroatoms. The van der Waals surface area contributed by atoms with Gasteiger partial charge in [-0.3, -0.25) is 9.48 Å². The van der Waals surface area contributed by atoms with Crippen molar-refractivity contribution in [1.29, 1.82) is 0 Å². The Hall–Kier alpha value is -2.14. The van der Waals surface area contributed by atoms with Crippen molar-refractivity contribution in [2.24, 2.45) is 12.8 Å². The van der Waals surface area contributed by atoms with E-state index in [1.165, 1.54) is 4.68 Å². The zero-order valence-corrected chi connectivity index (χ0v) is 9.55. The first-order chi connectivity index (χ1) is 8.20. The van der Waals surface area contributed by atoms with E-state index in [1.807, 2.05) is 24.3 Å². The number of hydrogen-bond donors (Lipinski definition) is 2. The van der Waals surface area contributed by atoms with E-state index in [0.29, 0.717) is 12.2 Å². The largest absolute Gasteiger partial charge is 0.326 e. The van der Waals surface area contributed by atoms with Crippen LogP contribution in [0.1, 0.15) is 16.1 Å². The smallest absolute Gasteiger partial charge is 0.273 e. The number of benzene rings is 1. The van der Waals surface area contributed by atoms with Crippen LogP contribution in [-0.4, -0.2) is 15.7 Å². The summed E-state index contributed by atoms with van der Waals surface area (Å²) >= 11 is 0. The minimum absolute atomic E-state index is 0.181. The maximum absolute atomic E-state index is 11.9. The SMILES string of the molecule is Cn1nccc1C(=O)Nc1cccc(CN)c1. The molecule has 2 aromatic rings. The normalized spacial score (nSPS) is 10.2. The summed E-state index contributed by atoms with van der Waals surface area (Å²) in [6.45, 7) is 0.454. The number of aryl methyl sites for hydroxylation is 1. The number of hydrogen-bond acceptors (Lipinski definition) is 3. The van der Waals surface area contributed by atoms with Crippen molar-refractivity contribution in [2.75, 3.05) is 5.32 Å². The van der Waals surface area contributed by atoms with E-state index >= 15 is 0 Å². The summed E-state index contributed by atoms with van der Waals surface area (Å²) in [7, 11) is 1.73. The standard InChI is InChI=1S/C12H14N4O/c1-16-11(5-6-14-16)12(17)15-10-4-2-3-9(7-10)8-13/h2-7H,8,13H2,1H3,(H,15,17). The molecule has 0 spiro atoms. The summed E-state index contributed by atoms with van der Waals surface area (Å²) < 4.78 is 1.53. The molecule has 0 aliphatic carbocycles. The number of nitrogens with one attached hydrogen (secondary N) is 1. The van der Waals surface area contributed by atoms with E-state index in [4.69, 9.17) is 5.73 Å². The maximum atomic E-state index is 11.9. The lowest BCUT2D eigenvalue weighted by molar-refractivity contribution is 0.101. The third-order valence-corrected chi connectivity index (χ3v) is 2.47. The number of rotatable bonds is 3. The molecular formula is C12H14N4O. The zero-order valence-electron chi connectivity index (χ0n) is 9.55. The number of carbonyl (C=O) groups excluding carboxylic acids is 1. The Morgan fingerprint density at radius 3 is 2.94 bits per heavy atom. The summed E-state index contributed by atoms with van der Waals surface area (Å²) in [5.41, 5.74) is 7.77. The van der Waals surface area contributed by atoms with E-state index in [2.05, 4.69) is 10.4 Å². The molecule has 0 saturated carbocycles. The molecule has 88 valence electrons. The molecule has 2 rings (SSSR count). The van der Waals surface area contributed by atoms with Crippen LogP contribution in [0.3, 0.4) is 0 Å². The molecule has 17 heavy (non-hydrogen) atoms.